The van der Waals surface area contributed by atoms with Crippen LogP contribution in [0.5, 0.6) is 0 Å². The summed E-state index contributed by atoms with van der Waals surface area (Å²) in [6, 6.07) is 7.81. The summed E-state index contributed by atoms with van der Waals surface area (Å²) >= 11 is 1.52. The van der Waals surface area contributed by atoms with Gasteiger partial charge in [-0.2, -0.15) is 0 Å². The standard InChI is InChI=1S/C16H16N2O4S/c19-15(18-7-8-22-11(10-18)9-16(20)21)6-5-14-17-12-3-1-2-4-13(12)23-14/h1-6,11H,7-10H2,(H,20,21). The van der Waals surface area contributed by atoms with Gasteiger partial charge in [0, 0.05) is 19.2 Å². The summed E-state index contributed by atoms with van der Waals surface area (Å²) in [5.74, 6) is -1.07. The zero-order valence-corrected chi connectivity index (χ0v) is 13.2. The van der Waals surface area contributed by atoms with Crippen LogP contribution < -0.4 is 0 Å². The van der Waals surface area contributed by atoms with E-state index in [-0.39, 0.29) is 12.3 Å². The number of carboxylic acids is 1. The molecule has 1 aliphatic heterocycles. The topological polar surface area (TPSA) is 79.7 Å². The van der Waals surface area contributed by atoms with Gasteiger partial charge >= 0.3 is 5.97 Å². The molecule has 1 saturated heterocycles. The van der Waals surface area contributed by atoms with E-state index in [4.69, 9.17) is 9.84 Å². The number of carboxylic acid groups (broad SMARTS) is 1. The van der Waals surface area contributed by atoms with Crippen molar-refractivity contribution >= 4 is 39.5 Å². The Morgan fingerprint density at radius 2 is 2.26 bits per heavy atom. The molecule has 1 N–H and O–H groups in total. The molecule has 0 spiro atoms. The number of thiazole rings is 1. The van der Waals surface area contributed by atoms with Gasteiger partial charge in [0.05, 0.1) is 29.3 Å². The Hall–Kier alpha value is -2.25. The lowest BCUT2D eigenvalue weighted by Gasteiger charge is -2.31. The van der Waals surface area contributed by atoms with Crippen molar-refractivity contribution in [3.8, 4) is 0 Å². The molecule has 3 rings (SSSR count). The Balaban J connectivity index is 1.64. The van der Waals surface area contributed by atoms with E-state index in [1.54, 1.807) is 11.0 Å². The molecule has 2 aromatic rings. The minimum Gasteiger partial charge on any atom is -0.481 e. The maximum atomic E-state index is 12.2. The number of amides is 1. The molecule has 1 aromatic carbocycles. The van der Waals surface area contributed by atoms with Crippen LogP contribution in [0.1, 0.15) is 11.4 Å². The largest absolute Gasteiger partial charge is 0.481 e. The molecule has 0 bridgehead atoms. The van der Waals surface area contributed by atoms with Crippen LogP contribution in [0.3, 0.4) is 0 Å². The maximum absolute atomic E-state index is 12.2. The molecular formula is C16H16N2O4S. The smallest absolute Gasteiger partial charge is 0.306 e. The molecule has 1 unspecified atom stereocenters. The number of hydrogen-bond acceptors (Lipinski definition) is 5. The van der Waals surface area contributed by atoms with Crippen molar-refractivity contribution in [1.82, 2.24) is 9.88 Å². The minimum absolute atomic E-state index is 0.0919. The van der Waals surface area contributed by atoms with Crippen molar-refractivity contribution in [3.63, 3.8) is 0 Å². The molecule has 1 fully saturated rings. The predicted octanol–water partition coefficient (Wildman–Crippen LogP) is 2.01. The number of para-hydroxylation sites is 1. The number of benzene rings is 1. The molecule has 23 heavy (non-hydrogen) atoms. The van der Waals surface area contributed by atoms with E-state index in [1.165, 1.54) is 17.4 Å². The fourth-order valence-electron chi connectivity index (χ4n) is 2.45. The van der Waals surface area contributed by atoms with Crippen molar-refractivity contribution in [2.24, 2.45) is 0 Å². The summed E-state index contributed by atoms with van der Waals surface area (Å²) in [5.41, 5.74) is 0.914. The van der Waals surface area contributed by atoms with Gasteiger partial charge in [-0.25, -0.2) is 4.98 Å². The van der Waals surface area contributed by atoms with Gasteiger partial charge in [0.1, 0.15) is 5.01 Å². The third kappa shape index (κ3) is 3.94. The van der Waals surface area contributed by atoms with E-state index in [1.807, 2.05) is 24.3 Å². The van der Waals surface area contributed by atoms with Crippen LogP contribution in [0.2, 0.25) is 0 Å². The number of ether oxygens (including phenoxy) is 1. The van der Waals surface area contributed by atoms with Crippen LogP contribution in [0.25, 0.3) is 16.3 Å². The Labute approximate surface area is 137 Å². The van der Waals surface area contributed by atoms with Crippen molar-refractivity contribution in [3.05, 3.63) is 35.3 Å². The third-order valence-electron chi connectivity index (χ3n) is 3.53. The van der Waals surface area contributed by atoms with E-state index in [0.29, 0.717) is 19.7 Å². The van der Waals surface area contributed by atoms with Gasteiger partial charge in [-0.15, -0.1) is 11.3 Å². The number of nitrogens with zero attached hydrogens (tertiary/aromatic N) is 2. The van der Waals surface area contributed by atoms with Crippen LogP contribution in [0.4, 0.5) is 0 Å². The van der Waals surface area contributed by atoms with Crippen molar-refractivity contribution < 1.29 is 19.4 Å². The highest BCUT2D eigenvalue weighted by Crippen LogP contribution is 2.22. The molecule has 0 saturated carbocycles. The zero-order chi connectivity index (χ0) is 16.2. The van der Waals surface area contributed by atoms with E-state index in [9.17, 15) is 9.59 Å². The van der Waals surface area contributed by atoms with Gasteiger partial charge < -0.3 is 14.7 Å². The SMILES string of the molecule is O=C(O)CC1CN(C(=O)C=Cc2nc3ccccc3s2)CCO1. The molecule has 0 aliphatic carbocycles. The molecule has 0 radical (unpaired) electrons. The Kier molecular flexibility index (Phi) is 4.68. The lowest BCUT2D eigenvalue weighted by molar-refractivity contribution is -0.145. The fraction of sp³-hybridized carbons (Fsp3) is 0.312. The molecule has 1 atom stereocenters. The Morgan fingerprint density at radius 3 is 3.04 bits per heavy atom. The molecule has 6 nitrogen and oxygen atoms in total. The summed E-state index contributed by atoms with van der Waals surface area (Å²) in [6.07, 6.45) is 2.65. The zero-order valence-electron chi connectivity index (χ0n) is 12.3. The molecule has 1 amide bonds. The second-order valence-corrected chi connectivity index (χ2v) is 6.29. The van der Waals surface area contributed by atoms with E-state index in [2.05, 4.69) is 4.98 Å². The average molecular weight is 332 g/mol. The van der Waals surface area contributed by atoms with Crippen LogP contribution in [0.15, 0.2) is 30.3 Å². The molecule has 1 aromatic heterocycles. The average Bonchev–Trinajstić information content (AvgIpc) is 2.95. The van der Waals surface area contributed by atoms with Crippen LogP contribution >= 0.6 is 11.3 Å². The summed E-state index contributed by atoms with van der Waals surface area (Å²) in [6.45, 7) is 1.13. The lowest BCUT2D eigenvalue weighted by Crippen LogP contribution is -2.45. The summed E-state index contributed by atoms with van der Waals surface area (Å²) in [7, 11) is 0. The van der Waals surface area contributed by atoms with Gasteiger partial charge in [-0.1, -0.05) is 12.1 Å². The minimum atomic E-state index is -0.922. The van der Waals surface area contributed by atoms with E-state index in [0.717, 1.165) is 15.2 Å². The second kappa shape index (κ2) is 6.89. The lowest BCUT2D eigenvalue weighted by atomic mass is 10.2. The summed E-state index contributed by atoms with van der Waals surface area (Å²) in [4.78, 5) is 29.0. The quantitative estimate of drug-likeness (QED) is 0.867. The van der Waals surface area contributed by atoms with Crippen LogP contribution in [-0.4, -0.2) is 52.7 Å². The molecule has 7 heteroatoms. The first-order valence-electron chi connectivity index (χ1n) is 7.28. The van der Waals surface area contributed by atoms with Crippen LogP contribution in [-0.2, 0) is 14.3 Å². The highest BCUT2D eigenvalue weighted by atomic mass is 32.1. The van der Waals surface area contributed by atoms with Gasteiger partial charge in [0.15, 0.2) is 0 Å². The van der Waals surface area contributed by atoms with Gasteiger partial charge in [-0.05, 0) is 18.2 Å². The normalized spacial score (nSPS) is 18.6. The number of rotatable bonds is 4. The van der Waals surface area contributed by atoms with Crippen LogP contribution in [0, 0.1) is 0 Å². The van der Waals surface area contributed by atoms with Crippen molar-refractivity contribution in [2.45, 2.75) is 12.5 Å². The highest BCUT2D eigenvalue weighted by molar-refractivity contribution is 7.19. The first kappa shape index (κ1) is 15.6. The second-order valence-electron chi connectivity index (χ2n) is 5.23. The number of aliphatic carboxylic acids is 1. The fourth-order valence-corrected chi connectivity index (χ4v) is 3.32. The van der Waals surface area contributed by atoms with E-state index >= 15 is 0 Å². The summed E-state index contributed by atoms with van der Waals surface area (Å²) in [5, 5.41) is 9.58. The number of fused-ring (bicyclic) bond motifs is 1. The number of hydrogen-bond donors (Lipinski definition) is 1. The monoisotopic (exact) mass is 332 g/mol. The number of aromatic nitrogens is 1. The number of carbonyl (C=O) groups is 2. The molecular weight excluding hydrogens is 316 g/mol. The van der Waals surface area contributed by atoms with Gasteiger partial charge in [0.25, 0.3) is 0 Å². The third-order valence-corrected chi connectivity index (χ3v) is 4.53. The number of morpholine rings is 1. The number of carbonyl (C=O) groups excluding carboxylic acids is 1. The van der Waals surface area contributed by atoms with Gasteiger partial charge in [0.2, 0.25) is 5.91 Å². The first-order valence-corrected chi connectivity index (χ1v) is 8.09. The Morgan fingerprint density at radius 1 is 1.43 bits per heavy atom. The molecule has 2 heterocycles. The molecule has 1 aliphatic rings. The van der Waals surface area contributed by atoms with Crippen molar-refractivity contribution in [1.29, 1.82) is 0 Å². The predicted molar refractivity (Wildman–Crippen MR) is 87.2 cm³/mol. The molecule has 120 valence electrons. The van der Waals surface area contributed by atoms with Crippen molar-refractivity contribution in [2.75, 3.05) is 19.7 Å². The highest BCUT2D eigenvalue weighted by Gasteiger charge is 2.24. The van der Waals surface area contributed by atoms with E-state index < -0.39 is 12.1 Å². The first-order chi connectivity index (χ1) is 11.1. The summed E-state index contributed by atoms with van der Waals surface area (Å²) < 4.78 is 6.44. The van der Waals surface area contributed by atoms with Gasteiger partial charge in [-0.3, -0.25) is 9.59 Å². The maximum Gasteiger partial charge on any atom is 0.306 e. The Bertz CT molecular complexity index is 722.